The van der Waals surface area contributed by atoms with E-state index in [4.69, 9.17) is 11.6 Å². The molecule has 0 unspecified atom stereocenters. The molecule has 0 spiro atoms. The molecule has 0 amide bonds. The smallest absolute Gasteiger partial charge is 0.178 e. The molecule has 0 atom stereocenters. The van der Waals surface area contributed by atoms with Crippen molar-refractivity contribution in [3.63, 3.8) is 0 Å². The molecule has 2 aromatic heterocycles. The van der Waals surface area contributed by atoms with Gasteiger partial charge in [-0.1, -0.05) is 17.7 Å². The van der Waals surface area contributed by atoms with E-state index in [9.17, 15) is 8.78 Å². The number of hydrogen-bond acceptors (Lipinski definition) is 3. The van der Waals surface area contributed by atoms with E-state index in [1.54, 1.807) is 12.1 Å². The molecule has 1 aromatic carbocycles. The summed E-state index contributed by atoms with van der Waals surface area (Å²) in [7, 11) is 0. The Morgan fingerprint density at radius 3 is 2.53 bits per heavy atom. The molecule has 0 aliphatic heterocycles. The van der Waals surface area contributed by atoms with Crippen LogP contribution < -0.4 is 0 Å². The molecule has 0 fully saturated rings. The van der Waals surface area contributed by atoms with Gasteiger partial charge in [0.1, 0.15) is 16.8 Å². The van der Waals surface area contributed by atoms with Crippen molar-refractivity contribution in [3.8, 4) is 0 Å². The Balaban J connectivity index is 2.08. The molecule has 0 aliphatic rings. The van der Waals surface area contributed by atoms with Crippen LogP contribution in [-0.2, 0) is 6.42 Å². The normalized spacial score (nSPS) is 11.1. The molecule has 96 valence electrons. The fourth-order valence-electron chi connectivity index (χ4n) is 1.78. The first-order chi connectivity index (χ1) is 9.15. The van der Waals surface area contributed by atoms with Crippen LogP contribution in [0.15, 0.2) is 30.3 Å². The lowest BCUT2D eigenvalue weighted by molar-refractivity contribution is 0.558. The van der Waals surface area contributed by atoms with E-state index in [1.165, 1.54) is 22.7 Å². The van der Waals surface area contributed by atoms with E-state index in [0.29, 0.717) is 11.5 Å². The van der Waals surface area contributed by atoms with Gasteiger partial charge in [-0.3, -0.25) is 0 Å². The van der Waals surface area contributed by atoms with Crippen LogP contribution in [0.1, 0.15) is 11.4 Å². The second-order valence-electron chi connectivity index (χ2n) is 3.92. The van der Waals surface area contributed by atoms with Crippen LogP contribution in [-0.4, -0.2) is 19.8 Å². The summed E-state index contributed by atoms with van der Waals surface area (Å²) in [5, 5.41) is 12.0. The predicted octanol–water partition coefficient (Wildman–Crippen LogP) is 2.65. The van der Waals surface area contributed by atoms with Crippen molar-refractivity contribution in [2.45, 2.75) is 6.42 Å². The number of aromatic nitrogens is 4. The molecule has 0 aliphatic carbocycles. The molecule has 3 rings (SSSR count). The fourth-order valence-corrected chi connectivity index (χ4v) is 1.92. The second-order valence-corrected chi connectivity index (χ2v) is 4.31. The van der Waals surface area contributed by atoms with Crippen LogP contribution in [0.3, 0.4) is 0 Å². The van der Waals surface area contributed by atoms with Gasteiger partial charge in [0, 0.05) is 12.0 Å². The van der Waals surface area contributed by atoms with Crippen molar-refractivity contribution in [2.75, 3.05) is 0 Å². The van der Waals surface area contributed by atoms with E-state index < -0.39 is 11.6 Å². The molecular weight excluding hydrogens is 274 g/mol. The van der Waals surface area contributed by atoms with Gasteiger partial charge in [0.05, 0.1) is 0 Å². The number of hydrogen-bond donors (Lipinski definition) is 0. The highest BCUT2D eigenvalue weighted by Gasteiger charge is 2.14. The molecule has 0 N–H and O–H groups in total. The summed E-state index contributed by atoms with van der Waals surface area (Å²) in [6.45, 7) is 0. The standard InChI is InChI=1S/C12H7ClF2N4/c13-10-4-5-11-16-17-12(19(11)18-10)6-7-8(14)2-1-3-9(7)15/h1-5H,6H2. The van der Waals surface area contributed by atoms with Gasteiger partial charge in [0.25, 0.3) is 0 Å². The highest BCUT2D eigenvalue weighted by atomic mass is 35.5. The minimum absolute atomic E-state index is 0.0486. The minimum atomic E-state index is -0.626. The SMILES string of the molecule is Fc1cccc(F)c1Cc1nnc2ccc(Cl)nn12. The predicted molar refractivity (Wildman–Crippen MR) is 65.0 cm³/mol. The summed E-state index contributed by atoms with van der Waals surface area (Å²) in [5.74, 6) is -0.931. The molecule has 0 bridgehead atoms. The number of nitrogens with zero attached hydrogens (tertiary/aromatic N) is 4. The maximum Gasteiger partial charge on any atom is 0.178 e. The zero-order chi connectivity index (χ0) is 13.4. The Hall–Kier alpha value is -2.08. The first kappa shape index (κ1) is 12.0. The molecular formula is C12H7ClF2N4. The lowest BCUT2D eigenvalue weighted by atomic mass is 10.1. The highest BCUT2D eigenvalue weighted by molar-refractivity contribution is 6.29. The molecule has 2 heterocycles. The third-order valence-corrected chi connectivity index (χ3v) is 2.89. The van der Waals surface area contributed by atoms with Crippen molar-refractivity contribution in [3.05, 3.63) is 58.5 Å². The number of benzene rings is 1. The largest absolute Gasteiger partial charge is 0.207 e. The van der Waals surface area contributed by atoms with Crippen LogP contribution in [0.5, 0.6) is 0 Å². The monoisotopic (exact) mass is 280 g/mol. The Kier molecular flexibility index (Phi) is 2.87. The van der Waals surface area contributed by atoms with Gasteiger partial charge in [-0.15, -0.1) is 10.2 Å². The number of rotatable bonds is 2. The zero-order valence-corrected chi connectivity index (χ0v) is 10.3. The van der Waals surface area contributed by atoms with Crippen LogP contribution in [0.2, 0.25) is 5.15 Å². The average molecular weight is 281 g/mol. The molecule has 0 radical (unpaired) electrons. The number of fused-ring (bicyclic) bond motifs is 1. The van der Waals surface area contributed by atoms with E-state index >= 15 is 0 Å². The van der Waals surface area contributed by atoms with Gasteiger partial charge >= 0.3 is 0 Å². The first-order valence-corrected chi connectivity index (χ1v) is 5.82. The van der Waals surface area contributed by atoms with Crippen molar-refractivity contribution < 1.29 is 8.78 Å². The number of halogens is 3. The summed E-state index contributed by atoms with van der Waals surface area (Å²) in [6.07, 6.45) is -0.0486. The van der Waals surface area contributed by atoms with Gasteiger partial charge in [-0.25, -0.2) is 8.78 Å². The van der Waals surface area contributed by atoms with Crippen molar-refractivity contribution in [1.82, 2.24) is 19.8 Å². The first-order valence-electron chi connectivity index (χ1n) is 5.45. The Bertz CT molecular complexity index is 736. The zero-order valence-electron chi connectivity index (χ0n) is 9.52. The van der Waals surface area contributed by atoms with Crippen molar-refractivity contribution in [1.29, 1.82) is 0 Å². The summed E-state index contributed by atoms with van der Waals surface area (Å²) < 4.78 is 28.5. The lowest BCUT2D eigenvalue weighted by Crippen LogP contribution is -2.03. The minimum Gasteiger partial charge on any atom is -0.207 e. The average Bonchev–Trinajstić information content (AvgIpc) is 2.76. The van der Waals surface area contributed by atoms with Crippen molar-refractivity contribution >= 4 is 17.2 Å². The summed E-state index contributed by atoms with van der Waals surface area (Å²) >= 11 is 5.78. The summed E-state index contributed by atoms with van der Waals surface area (Å²) in [6, 6.07) is 6.90. The Morgan fingerprint density at radius 1 is 1.05 bits per heavy atom. The summed E-state index contributed by atoms with van der Waals surface area (Å²) in [4.78, 5) is 0. The van der Waals surface area contributed by atoms with E-state index in [0.717, 1.165) is 0 Å². The third-order valence-electron chi connectivity index (χ3n) is 2.69. The van der Waals surface area contributed by atoms with E-state index in [-0.39, 0.29) is 17.1 Å². The van der Waals surface area contributed by atoms with E-state index in [2.05, 4.69) is 15.3 Å². The van der Waals surface area contributed by atoms with Crippen molar-refractivity contribution in [2.24, 2.45) is 0 Å². The topological polar surface area (TPSA) is 43.1 Å². The Labute approximate surface area is 111 Å². The molecule has 7 heteroatoms. The molecule has 0 saturated heterocycles. The highest BCUT2D eigenvalue weighted by Crippen LogP contribution is 2.16. The Morgan fingerprint density at radius 2 is 1.79 bits per heavy atom. The van der Waals surface area contributed by atoms with Gasteiger partial charge in [0.15, 0.2) is 11.5 Å². The second kappa shape index (κ2) is 4.55. The van der Waals surface area contributed by atoms with Crippen LogP contribution in [0.4, 0.5) is 8.78 Å². The van der Waals surface area contributed by atoms with Gasteiger partial charge in [0.2, 0.25) is 0 Å². The molecule has 3 aromatic rings. The van der Waals surface area contributed by atoms with Crippen LogP contribution in [0.25, 0.3) is 5.65 Å². The van der Waals surface area contributed by atoms with Crippen LogP contribution >= 0.6 is 11.6 Å². The quantitative estimate of drug-likeness (QED) is 0.725. The van der Waals surface area contributed by atoms with Gasteiger partial charge in [-0.05, 0) is 24.3 Å². The van der Waals surface area contributed by atoms with Gasteiger partial charge in [-0.2, -0.15) is 9.61 Å². The summed E-state index contributed by atoms with van der Waals surface area (Å²) in [5.41, 5.74) is 0.398. The van der Waals surface area contributed by atoms with Gasteiger partial charge < -0.3 is 0 Å². The molecule has 4 nitrogen and oxygen atoms in total. The lowest BCUT2D eigenvalue weighted by Gasteiger charge is -2.03. The molecule has 19 heavy (non-hydrogen) atoms. The fraction of sp³-hybridized carbons (Fsp3) is 0.0833. The maximum atomic E-state index is 13.6. The maximum absolute atomic E-state index is 13.6. The van der Waals surface area contributed by atoms with E-state index in [1.807, 2.05) is 0 Å². The molecule has 0 saturated carbocycles. The third kappa shape index (κ3) is 2.15. The van der Waals surface area contributed by atoms with Crippen LogP contribution in [0, 0.1) is 11.6 Å².